The van der Waals surface area contributed by atoms with Crippen molar-refractivity contribution in [2.24, 2.45) is 0 Å². The van der Waals surface area contributed by atoms with E-state index in [9.17, 15) is 19.8 Å². The SMILES string of the molecule is CC/C=C/C=C/C=C\CCCCCCCC(=O)OC(CCCCC/C=C/CCCCCCCCCCC)CC(=O)NC(CO)C(O)CCCCCCCCCCCCCCC. The van der Waals surface area contributed by atoms with Crippen molar-refractivity contribution in [2.75, 3.05) is 6.61 Å². The third-order valence-corrected chi connectivity index (χ3v) is 12.0. The van der Waals surface area contributed by atoms with Crippen LogP contribution in [0.1, 0.15) is 265 Å². The highest BCUT2D eigenvalue weighted by molar-refractivity contribution is 5.77. The van der Waals surface area contributed by atoms with Crippen molar-refractivity contribution in [3.8, 4) is 0 Å². The molecular weight excluding hydrogens is 755 g/mol. The smallest absolute Gasteiger partial charge is 0.306 e. The van der Waals surface area contributed by atoms with Crippen molar-refractivity contribution < 1.29 is 24.5 Å². The van der Waals surface area contributed by atoms with Crippen LogP contribution in [0.5, 0.6) is 0 Å². The van der Waals surface area contributed by atoms with E-state index in [0.29, 0.717) is 19.3 Å². The van der Waals surface area contributed by atoms with Crippen LogP contribution in [-0.2, 0) is 14.3 Å². The number of esters is 1. The predicted molar refractivity (Wildman–Crippen MR) is 264 cm³/mol. The van der Waals surface area contributed by atoms with Gasteiger partial charge in [0.25, 0.3) is 0 Å². The van der Waals surface area contributed by atoms with Gasteiger partial charge in [0, 0.05) is 6.42 Å². The van der Waals surface area contributed by atoms with Crippen LogP contribution in [0.3, 0.4) is 0 Å². The summed E-state index contributed by atoms with van der Waals surface area (Å²) in [5.41, 5.74) is 0. The van der Waals surface area contributed by atoms with Gasteiger partial charge in [0.15, 0.2) is 0 Å². The van der Waals surface area contributed by atoms with Crippen LogP contribution in [0.15, 0.2) is 48.6 Å². The van der Waals surface area contributed by atoms with Crippen LogP contribution in [0.4, 0.5) is 0 Å². The number of amides is 1. The summed E-state index contributed by atoms with van der Waals surface area (Å²) in [6.07, 6.45) is 58.8. The zero-order valence-electron chi connectivity index (χ0n) is 40.5. The first kappa shape index (κ1) is 58.8. The molecule has 0 aromatic heterocycles. The summed E-state index contributed by atoms with van der Waals surface area (Å²) in [5, 5.41) is 23.8. The number of carbonyl (C=O) groups excluding carboxylic acids is 2. The Morgan fingerprint density at radius 3 is 1.39 bits per heavy atom. The van der Waals surface area contributed by atoms with Crippen molar-refractivity contribution >= 4 is 11.9 Å². The number of carbonyl (C=O) groups is 2. The van der Waals surface area contributed by atoms with Crippen LogP contribution in [0, 0.1) is 0 Å². The van der Waals surface area contributed by atoms with Crippen LogP contribution in [0.2, 0.25) is 0 Å². The molecule has 0 aliphatic carbocycles. The van der Waals surface area contributed by atoms with Gasteiger partial charge in [-0.25, -0.2) is 0 Å². The average Bonchev–Trinajstić information content (AvgIpc) is 3.25. The topological polar surface area (TPSA) is 95.9 Å². The normalized spacial score (nSPS) is 13.6. The molecule has 0 aliphatic rings. The Kier molecular flexibility index (Phi) is 47.1. The molecule has 61 heavy (non-hydrogen) atoms. The lowest BCUT2D eigenvalue weighted by atomic mass is 10.0. The molecule has 3 unspecified atom stereocenters. The molecule has 1 amide bonds. The van der Waals surface area contributed by atoms with Crippen molar-refractivity contribution in [2.45, 2.75) is 283 Å². The standard InChI is InChI=1S/C55H101NO5/c1-4-7-10-13-16-19-22-25-26-27-30-31-34-37-40-43-46-51(61-55(60)48-45-42-39-36-33-29-24-21-18-15-12-9-6-3)49-54(59)56-52(50-57)53(58)47-44-41-38-35-32-28-23-20-17-14-11-8-5-2/h9,12,15,18,21,24,30-31,51-53,57-58H,4-8,10-11,13-14,16-17,19-20,22-23,25-29,32-50H2,1-3H3,(H,56,59)/b12-9+,18-15+,24-21-,31-30+. The maximum absolute atomic E-state index is 13.2. The largest absolute Gasteiger partial charge is 0.462 e. The molecule has 6 nitrogen and oxygen atoms in total. The molecule has 0 spiro atoms. The second-order valence-corrected chi connectivity index (χ2v) is 18.0. The van der Waals surface area contributed by atoms with E-state index >= 15 is 0 Å². The zero-order chi connectivity index (χ0) is 44.5. The highest BCUT2D eigenvalue weighted by Gasteiger charge is 2.24. The Hall–Kier alpha value is -2.18. The molecule has 356 valence electrons. The Morgan fingerprint density at radius 2 is 0.902 bits per heavy atom. The van der Waals surface area contributed by atoms with Crippen LogP contribution in [-0.4, -0.2) is 46.9 Å². The fourth-order valence-corrected chi connectivity index (χ4v) is 7.96. The molecule has 6 heteroatoms. The molecule has 0 fully saturated rings. The Labute approximate surface area is 378 Å². The molecule has 0 saturated carbocycles. The first-order chi connectivity index (χ1) is 30.0. The summed E-state index contributed by atoms with van der Waals surface area (Å²) in [4.78, 5) is 26.1. The molecule has 0 heterocycles. The highest BCUT2D eigenvalue weighted by Crippen LogP contribution is 2.18. The molecule has 0 aromatic rings. The van der Waals surface area contributed by atoms with E-state index in [-0.39, 0.29) is 24.9 Å². The van der Waals surface area contributed by atoms with Crippen molar-refractivity contribution in [3.05, 3.63) is 48.6 Å². The minimum Gasteiger partial charge on any atom is -0.462 e. The van der Waals surface area contributed by atoms with Gasteiger partial charge in [0.2, 0.25) is 5.91 Å². The number of unbranched alkanes of at least 4 members (excludes halogenated alkanes) is 29. The Morgan fingerprint density at radius 1 is 0.492 bits per heavy atom. The molecule has 0 saturated heterocycles. The van der Waals surface area contributed by atoms with E-state index in [2.05, 4.69) is 74.7 Å². The van der Waals surface area contributed by atoms with Crippen molar-refractivity contribution in [1.82, 2.24) is 5.32 Å². The lowest BCUT2D eigenvalue weighted by Crippen LogP contribution is -2.46. The maximum atomic E-state index is 13.2. The third-order valence-electron chi connectivity index (χ3n) is 12.0. The van der Waals surface area contributed by atoms with E-state index in [4.69, 9.17) is 4.74 Å². The number of aliphatic hydroxyl groups excluding tert-OH is 2. The molecule has 3 N–H and O–H groups in total. The number of hydrogen-bond donors (Lipinski definition) is 3. The number of ether oxygens (including phenoxy) is 1. The summed E-state index contributed by atoms with van der Waals surface area (Å²) < 4.78 is 5.92. The maximum Gasteiger partial charge on any atom is 0.306 e. The lowest BCUT2D eigenvalue weighted by Gasteiger charge is -2.24. The molecule has 0 rings (SSSR count). The van der Waals surface area contributed by atoms with Gasteiger partial charge >= 0.3 is 5.97 Å². The van der Waals surface area contributed by atoms with Crippen molar-refractivity contribution in [1.29, 1.82) is 0 Å². The first-order valence-electron chi connectivity index (χ1n) is 26.4. The summed E-state index contributed by atoms with van der Waals surface area (Å²) in [6.45, 7) is 6.35. The summed E-state index contributed by atoms with van der Waals surface area (Å²) in [7, 11) is 0. The Balaban J connectivity index is 4.62. The van der Waals surface area contributed by atoms with Crippen molar-refractivity contribution in [3.63, 3.8) is 0 Å². The van der Waals surface area contributed by atoms with Gasteiger partial charge < -0.3 is 20.3 Å². The molecule has 0 aliphatic heterocycles. The number of nitrogens with one attached hydrogen (secondary N) is 1. The van der Waals surface area contributed by atoms with E-state index < -0.39 is 18.2 Å². The van der Waals surface area contributed by atoms with E-state index in [1.807, 2.05) is 0 Å². The average molecular weight is 856 g/mol. The number of allylic oxidation sites excluding steroid dienone is 8. The lowest BCUT2D eigenvalue weighted by molar-refractivity contribution is -0.151. The molecule has 0 aromatic carbocycles. The van der Waals surface area contributed by atoms with E-state index in [1.54, 1.807) is 0 Å². The number of hydrogen-bond acceptors (Lipinski definition) is 5. The fourth-order valence-electron chi connectivity index (χ4n) is 7.96. The van der Waals surface area contributed by atoms with E-state index in [0.717, 1.165) is 89.9 Å². The second kappa shape index (κ2) is 48.8. The molecule has 3 atom stereocenters. The van der Waals surface area contributed by atoms with Gasteiger partial charge in [-0.1, -0.05) is 230 Å². The third kappa shape index (κ3) is 44.2. The summed E-state index contributed by atoms with van der Waals surface area (Å²) in [6, 6.07) is -0.710. The van der Waals surface area contributed by atoms with E-state index in [1.165, 1.54) is 128 Å². The minimum absolute atomic E-state index is 0.0595. The van der Waals surface area contributed by atoms with Crippen LogP contribution in [0.25, 0.3) is 0 Å². The zero-order valence-corrected chi connectivity index (χ0v) is 40.5. The Bertz CT molecular complexity index is 1050. The van der Waals surface area contributed by atoms with Gasteiger partial charge in [0.05, 0.1) is 25.2 Å². The fraction of sp³-hybridized carbons (Fsp3) is 0.818. The molecule has 0 bridgehead atoms. The van der Waals surface area contributed by atoms with Crippen LogP contribution >= 0.6 is 0 Å². The van der Waals surface area contributed by atoms with Gasteiger partial charge in [-0.2, -0.15) is 0 Å². The molecular formula is C55H101NO5. The first-order valence-corrected chi connectivity index (χ1v) is 26.4. The number of rotatable bonds is 47. The summed E-state index contributed by atoms with van der Waals surface area (Å²) >= 11 is 0. The highest BCUT2D eigenvalue weighted by atomic mass is 16.5. The molecule has 0 radical (unpaired) electrons. The predicted octanol–water partition coefficient (Wildman–Crippen LogP) is 15.8. The monoisotopic (exact) mass is 856 g/mol. The van der Waals surface area contributed by atoms with Crippen LogP contribution < -0.4 is 5.32 Å². The number of aliphatic hydroxyl groups is 2. The van der Waals surface area contributed by atoms with Gasteiger partial charge in [-0.05, 0) is 70.6 Å². The second-order valence-electron chi connectivity index (χ2n) is 18.0. The van der Waals surface area contributed by atoms with Gasteiger partial charge in [0.1, 0.15) is 6.10 Å². The van der Waals surface area contributed by atoms with Gasteiger partial charge in [-0.15, -0.1) is 0 Å². The minimum atomic E-state index is -0.795. The quantitative estimate of drug-likeness (QED) is 0.0245. The summed E-state index contributed by atoms with van der Waals surface area (Å²) in [5.74, 6) is -0.507. The van der Waals surface area contributed by atoms with Gasteiger partial charge in [-0.3, -0.25) is 9.59 Å².